The maximum absolute atomic E-state index is 14.7. The molecule has 74 heavy (non-hydrogen) atoms. The number of nitrogens with two attached hydrogens (primary N) is 2. The molecule has 0 fully saturated rings. The van der Waals surface area contributed by atoms with Crippen LogP contribution in [-0.4, -0.2) is 114 Å². The lowest BCUT2D eigenvalue weighted by atomic mass is 10.0. The number of halogens is 2. The van der Waals surface area contributed by atoms with Crippen LogP contribution in [-0.2, 0) is 45.2 Å². The highest BCUT2D eigenvalue weighted by Gasteiger charge is 2.31. The van der Waals surface area contributed by atoms with Gasteiger partial charge in [0.25, 0.3) is 17.7 Å². The summed E-state index contributed by atoms with van der Waals surface area (Å²) in [7, 11) is 0. The number of urea groups is 1. The fraction of sp³-hybridized carbons (Fsp3) is 0.365. The predicted molar refractivity (Wildman–Crippen MR) is 274 cm³/mol. The zero-order valence-electron chi connectivity index (χ0n) is 41.3. The maximum Gasteiger partial charge on any atom is 0.407 e. The van der Waals surface area contributed by atoms with Gasteiger partial charge in [0.15, 0.2) is 0 Å². The molecule has 8 amide bonds. The van der Waals surface area contributed by atoms with Crippen LogP contribution in [0.3, 0.4) is 0 Å². The summed E-state index contributed by atoms with van der Waals surface area (Å²) < 4.78 is 34.5. The number of fused-ring (bicyclic) bond motifs is 2. The SMILES string of the molecule is CCCN(CCC)C(=O)C1=Cc2ccc(C(=O)Nc3cnc4c(c3)CN(Cc3ccc(C(=O)NCC(F)(F)CNC(=O)OCc5ccc(NC(=O)C(CCCNC(N)=O)NC=O)cc5)cc3)CC4)cc2N=C(N)C1. The van der Waals surface area contributed by atoms with Crippen molar-refractivity contribution in [2.75, 3.05) is 49.9 Å². The summed E-state index contributed by atoms with van der Waals surface area (Å²) in [4.78, 5) is 99.6. The van der Waals surface area contributed by atoms with E-state index in [2.05, 4.69) is 41.5 Å². The number of carbonyl (C=O) groups is 7. The number of rotatable bonds is 24. The van der Waals surface area contributed by atoms with E-state index in [-0.39, 0.29) is 49.2 Å². The number of hydrogen-bond donors (Lipinski definition) is 8. The molecule has 20 nitrogen and oxygen atoms in total. The number of carbonyl (C=O) groups excluding carboxylic acids is 7. The van der Waals surface area contributed by atoms with Gasteiger partial charge in [0, 0.05) is 85.8 Å². The molecular weight excluding hydrogens is 959 g/mol. The summed E-state index contributed by atoms with van der Waals surface area (Å²) in [6.45, 7) is 4.94. The number of amidine groups is 1. The van der Waals surface area contributed by atoms with Gasteiger partial charge < -0.3 is 53.0 Å². The van der Waals surface area contributed by atoms with Crippen LogP contribution in [0.1, 0.15) is 94.6 Å². The van der Waals surface area contributed by atoms with Crippen molar-refractivity contribution in [2.24, 2.45) is 16.5 Å². The number of amides is 8. The number of hydrogen-bond acceptors (Lipinski definition) is 12. The van der Waals surface area contributed by atoms with Crippen LogP contribution in [0.15, 0.2) is 89.6 Å². The highest BCUT2D eigenvalue weighted by Crippen LogP contribution is 2.30. The minimum absolute atomic E-state index is 0.0706. The number of alkyl halides is 2. The molecule has 22 heteroatoms. The van der Waals surface area contributed by atoms with Crippen molar-refractivity contribution in [3.05, 3.63) is 124 Å². The summed E-state index contributed by atoms with van der Waals surface area (Å²) in [6.07, 6.45) is 5.87. The molecule has 0 radical (unpaired) electrons. The lowest BCUT2D eigenvalue weighted by Crippen LogP contribution is -2.45. The van der Waals surface area contributed by atoms with Crippen molar-refractivity contribution in [2.45, 2.75) is 84.0 Å². The average molecular weight is 1020 g/mol. The van der Waals surface area contributed by atoms with Gasteiger partial charge in [-0.15, -0.1) is 0 Å². The Hall–Kier alpha value is -8.27. The minimum atomic E-state index is -3.51. The number of anilines is 2. The number of aliphatic imine (C=N–C) groups is 1. The zero-order chi connectivity index (χ0) is 53.2. The normalized spacial score (nSPS) is 13.5. The van der Waals surface area contributed by atoms with Crippen LogP contribution in [0.5, 0.6) is 0 Å². The van der Waals surface area contributed by atoms with Crippen LogP contribution in [0.4, 0.5) is 35.4 Å². The Bertz CT molecular complexity index is 2730. The van der Waals surface area contributed by atoms with Crippen molar-refractivity contribution in [1.29, 1.82) is 0 Å². The Morgan fingerprint density at radius 2 is 1.57 bits per heavy atom. The fourth-order valence-corrected chi connectivity index (χ4v) is 8.22. The van der Waals surface area contributed by atoms with E-state index >= 15 is 0 Å². The first-order valence-electron chi connectivity index (χ1n) is 24.3. The molecule has 0 aliphatic carbocycles. The Morgan fingerprint density at radius 3 is 2.27 bits per heavy atom. The van der Waals surface area contributed by atoms with Gasteiger partial charge in [-0.25, -0.2) is 23.4 Å². The molecule has 0 spiro atoms. The summed E-state index contributed by atoms with van der Waals surface area (Å²) in [5, 5.41) is 14.6. The number of nitrogens with one attached hydrogen (secondary N) is 6. The second-order valence-electron chi connectivity index (χ2n) is 17.9. The Morgan fingerprint density at radius 1 is 0.865 bits per heavy atom. The predicted octanol–water partition coefficient (Wildman–Crippen LogP) is 5.11. The van der Waals surface area contributed by atoms with E-state index in [1.165, 1.54) is 12.1 Å². The largest absolute Gasteiger partial charge is 0.445 e. The first kappa shape index (κ1) is 55.1. The van der Waals surface area contributed by atoms with Gasteiger partial charge in [0.1, 0.15) is 18.5 Å². The standard InChI is InChI=1S/C52H62F2N12O8/c1-3-19-66(20-4-2)49(71)38-22-36-13-14-37(24-44(36)64-45(55)25-38)47(69)63-41-23-39-28-65(21-17-42(39)58-26-41)27-33-7-11-35(12-8-33)46(68)59-30-52(53,54)31-60-51(73)74-29-34-9-15-40(16-10-34)62-48(70)43(61-32-67)6-5-18-57-50(56)72/h7-16,22-24,26,32,43H,3-6,17-21,25,27-31H2,1-2H3,(H2,55,64)(H,59,68)(H,60,73)(H,61,67)(H,62,70)(H,63,69)(H3,56,57,72). The van der Waals surface area contributed by atoms with Crippen molar-refractivity contribution < 1.29 is 47.1 Å². The van der Waals surface area contributed by atoms with Crippen molar-refractivity contribution in [3.8, 4) is 0 Å². The molecular formula is C52H62F2N12O8. The molecule has 3 heterocycles. The van der Waals surface area contributed by atoms with Crippen molar-refractivity contribution >= 4 is 71.1 Å². The zero-order valence-corrected chi connectivity index (χ0v) is 41.3. The van der Waals surface area contributed by atoms with Crippen LogP contribution in [0, 0.1) is 0 Å². The summed E-state index contributed by atoms with van der Waals surface area (Å²) >= 11 is 0. The molecule has 2 aliphatic rings. The number of primary amides is 1. The highest BCUT2D eigenvalue weighted by molar-refractivity contribution is 6.08. The topological polar surface area (TPSA) is 285 Å². The molecule has 392 valence electrons. The third-order valence-corrected chi connectivity index (χ3v) is 12.0. The highest BCUT2D eigenvalue weighted by atomic mass is 19.3. The van der Waals surface area contributed by atoms with Crippen molar-refractivity contribution in [1.82, 2.24) is 36.1 Å². The molecule has 0 bridgehead atoms. The van der Waals surface area contributed by atoms with Crippen LogP contribution < -0.4 is 43.4 Å². The lowest BCUT2D eigenvalue weighted by molar-refractivity contribution is -0.127. The average Bonchev–Trinajstić information content (AvgIpc) is 3.55. The molecule has 2 aliphatic heterocycles. The van der Waals surface area contributed by atoms with E-state index in [0.29, 0.717) is 91.3 Å². The molecule has 0 saturated heterocycles. The fourth-order valence-electron chi connectivity index (χ4n) is 8.22. The Kier molecular flexibility index (Phi) is 19.7. The summed E-state index contributed by atoms with van der Waals surface area (Å²) in [5.74, 6) is -4.88. The molecule has 10 N–H and O–H groups in total. The summed E-state index contributed by atoms with van der Waals surface area (Å²) in [5.41, 5.74) is 17.7. The first-order chi connectivity index (χ1) is 35.5. The molecule has 3 aromatic carbocycles. The lowest BCUT2D eigenvalue weighted by Gasteiger charge is -2.28. The third-order valence-electron chi connectivity index (χ3n) is 12.0. The number of benzene rings is 3. The second-order valence-corrected chi connectivity index (χ2v) is 17.9. The molecule has 0 saturated carbocycles. The first-order valence-corrected chi connectivity index (χ1v) is 24.3. The number of ether oxygens (including phenoxy) is 1. The molecule has 1 aromatic heterocycles. The minimum Gasteiger partial charge on any atom is -0.445 e. The van der Waals surface area contributed by atoms with Gasteiger partial charge in [0.05, 0.1) is 30.7 Å². The Labute approximate surface area is 427 Å². The quantitative estimate of drug-likeness (QED) is 0.0337. The van der Waals surface area contributed by atoms with Gasteiger partial charge in [-0.05, 0) is 90.9 Å². The molecule has 4 aromatic rings. The number of aromatic nitrogens is 1. The number of alkyl carbamates (subject to hydrolysis) is 1. The second kappa shape index (κ2) is 26.4. The van der Waals surface area contributed by atoms with E-state index in [9.17, 15) is 42.3 Å². The van der Waals surface area contributed by atoms with E-state index in [0.717, 1.165) is 29.7 Å². The molecule has 1 atom stereocenters. The monoisotopic (exact) mass is 1020 g/mol. The van der Waals surface area contributed by atoms with Gasteiger partial charge in [-0.2, -0.15) is 0 Å². The Balaban J connectivity index is 0.923. The number of pyridine rings is 1. The summed E-state index contributed by atoms with van der Waals surface area (Å²) in [6, 6.07) is 18.2. The van der Waals surface area contributed by atoms with Gasteiger partial charge >= 0.3 is 12.1 Å². The van der Waals surface area contributed by atoms with E-state index < -0.39 is 49.0 Å². The van der Waals surface area contributed by atoms with E-state index in [4.69, 9.17) is 16.2 Å². The van der Waals surface area contributed by atoms with Crippen LogP contribution in [0.25, 0.3) is 6.08 Å². The van der Waals surface area contributed by atoms with Crippen LogP contribution >= 0.6 is 0 Å². The smallest absolute Gasteiger partial charge is 0.407 e. The van der Waals surface area contributed by atoms with Gasteiger partial charge in [-0.1, -0.05) is 44.2 Å². The van der Waals surface area contributed by atoms with Gasteiger partial charge in [0.2, 0.25) is 18.2 Å². The van der Waals surface area contributed by atoms with Gasteiger partial charge in [-0.3, -0.25) is 33.9 Å². The van der Waals surface area contributed by atoms with Crippen molar-refractivity contribution in [3.63, 3.8) is 0 Å². The maximum atomic E-state index is 14.7. The number of nitrogens with zero attached hydrogens (tertiary/aromatic N) is 4. The van der Waals surface area contributed by atoms with E-state index in [1.807, 2.05) is 30.1 Å². The third kappa shape index (κ3) is 16.4. The molecule has 6 rings (SSSR count). The molecule has 1 unspecified atom stereocenters. The van der Waals surface area contributed by atoms with E-state index in [1.54, 1.807) is 66.9 Å². The van der Waals surface area contributed by atoms with Crippen LogP contribution in [0.2, 0.25) is 0 Å².